The SMILES string of the molecule is Cc1cc(C(=O)N(C)c2cccc(F)c2)ccc1N. The van der Waals surface area contributed by atoms with Crippen LogP contribution in [0.2, 0.25) is 0 Å². The summed E-state index contributed by atoms with van der Waals surface area (Å²) in [7, 11) is 1.61. The Morgan fingerprint density at radius 1 is 1.21 bits per heavy atom. The number of hydrogen-bond donors (Lipinski definition) is 1. The largest absolute Gasteiger partial charge is 0.399 e. The van der Waals surface area contributed by atoms with Gasteiger partial charge in [0.1, 0.15) is 5.82 Å². The van der Waals surface area contributed by atoms with E-state index in [1.54, 1.807) is 37.4 Å². The Kier molecular flexibility index (Phi) is 3.51. The van der Waals surface area contributed by atoms with Gasteiger partial charge in [-0.05, 0) is 48.9 Å². The van der Waals surface area contributed by atoms with Crippen molar-refractivity contribution in [3.8, 4) is 0 Å². The minimum Gasteiger partial charge on any atom is -0.399 e. The summed E-state index contributed by atoms with van der Waals surface area (Å²) in [4.78, 5) is 13.7. The number of rotatable bonds is 2. The molecule has 98 valence electrons. The molecule has 2 aromatic rings. The van der Waals surface area contributed by atoms with E-state index in [9.17, 15) is 9.18 Å². The molecule has 0 atom stereocenters. The highest BCUT2D eigenvalue weighted by Gasteiger charge is 2.14. The van der Waals surface area contributed by atoms with Crippen LogP contribution >= 0.6 is 0 Å². The second kappa shape index (κ2) is 5.10. The standard InChI is InChI=1S/C15H15FN2O/c1-10-8-11(6-7-14(10)17)15(19)18(2)13-5-3-4-12(16)9-13/h3-9H,17H2,1-2H3. The molecule has 0 aliphatic rings. The van der Waals surface area contributed by atoms with Crippen molar-refractivity contribution in [2.24, 2.45) is 0 Å². The van der Waals surface area contributed by atoms with Crippen molar-refractivity contribution < 1.29 is 9.18 Å². The number of anilines is 2. The number of aryl methyl sites for hydroxylation is 1. The van der Waals surface area contributed by atoms with Crippen LogP contribution in [0, 0.1) is 12.7 Å². The Hall–Kier alpha value is -2.36. The molecule has 0 bridgehead atoms. The Bertz CT molecular complexity index is 625. The number of carbonyl (C=O) groups excluding carboxylic acids is 1. The lowest BCUT2D eigenvalue weighted by Gasteiger charge is -2.18. The molecule has 2 rings (SSSR count). The Labute approximate surface area is 111 Å². The Morgan fingerprint density at radius 2 is 1.95 bits per heavy atom. The molecule has 19 heavy (non-hydrogen) atoms. The fourth-order valence-corrected chi connectivity index (χ4v) is 1.80. The number of benzene rings is 2. The monoisotopic (exact) mass is 258 g/mol. The van der Waals surface area contributed by atoms with Crippen LogP contribution in [0.15, 0.2) is 42.5 Å². The maximum absolute atomic E-state index is 13.2. The predicted molar refractivity (Wildman–Crippen MR) is 74.7 cm³/mol. The van der Waals surface area contributed by atoms with E-state index >= 15 is 0 Å². The van der Waals surface area contributed by atoms with Gasteiger partial charge in [-0.3, -0.25) is 4.79 Å². The topological polar surface area (TPSA) is 46.3 Å². The molecule has 0 saturated heterocycles. The van der Waals surface area contributed by atoms with Gasteiger partial charge in [0.2, 0.25) is 0 Å². The summed E-state index contributed by atoms with van der Waals surface area (Å²) >= 11 is 0. The highest BCUT2D eigenvalue weighted by molar-refractivity contribution is 6.06. The van der Waals surface area contributed by atoms with Crippen molar-refractivity contribution in [3.63, 3.8) is 0 Å². The number of nitrogen functional groups attached to an aromatic ring is 1. The van der Waals surface area contributed by atoms with Gasteiger partial charge < -0.3 is 10.6 Å². The molecule has 0 heterocycles. The molecular formula is C15H15FN2O. The number of nitrogens with two attached hydrogens (primary N) is 1. The maximum atomic E-state index is 13.2. The van der Waals surface area contributed by atoms with E-state index in [0.717, 1.165) is 5.56 Å². The molecule has 0 spiro atoms. The molecule has 0 radical (unpaired) electrons. The molecule has 0 unspecified atom stereocenters. The summed E-state index contributed by atoms with van der Waals surface area (Å²) in [6.45, 7) is 1.84. The summed E-state index contributed by atoms with van der Waals surface area (Å²) in [6, 6.07) is 11.0. The average Bonchev–Trinajstić information content (AvgIpc) is 2.40. The molecular weight excluding hydrogens is 243 g/mol. The van der Waals surface area contributed by atoms with Crippen molar-refractivity contribution in [2.75, 3.05) is 17.7 Å². The van der Waals surface area contributed by atoms with Crippen LogP contribution in [0.25, 0.3) is 0 Å². The lowest BCUT2D eigenvalue weighted by molar-refractivity contribution is 0.0993. The fourth-order valence-electron chi connectivity index (χ4n) is 1.80. The van der Waals surface area contributed by atoms with Gasteiger partial charge in [-0.2, -0.15) is 0 Å². The van der Waals surface area contributed by atoms with Crippen LogP contribution in [0.3, 0.4) is 0 Å². The lowest BCUT2D eigenvalue weighted by atomic mass is 10.1. The molecule has 4 heteroatoms. The second-order valence-electron chi connectivity index (χ2n) is 4.42. The van der Waals surface area contributed by atoms with Crippen LogP contribution in [0.4, 0.5) is 15.8 Å². The van der Waals surface area contributed by atoms with Crippen LogP contribution in [-0.2, 0) is 0 Å². The minimum atomic E-state index is -0.370. The van der Waals surface area contributed by atoms with Crippen molar-refractivity contribution >= 4 is 17.3 Å². The zero-order chi connectivity index (χ0) is 14.0. The Morgan fingerprint density at radius 3 is 2.58 bits per heavy atom. The predicted octanol–water partition coefficient (Wildman–Crippen LogP) is 2.99. The molecule has 2 N–H and O–H groups in total. The number of carbonyl (C=O) groups is 1. The Balaban J connectivity index is 2.30. The molecule has 0 aromatic heterocycles. The van der Waals surface area contributed by atoms with Crippen LogP contribution in [-0.4, -0.2) is 13.0 Å². The number of hydrogen-bond acceptors (Lipinski definition) is 2. The van der Waals surface area contributed by atoms with Crippen molar-refractivity contribution in [1.82, 2.24) is 0 Å². The van der Waals surface area contributed by atoms with Gasteiger partial charge in [-0.25, -0.2) is 4.39 Å². The average molecular weight is 258 g/mol. The molecule has 0 saturated carbocycles. The van der Waals surface area contributed by atoms with Crippen molar-refractivity contribution in [3.05, 3.63) is 59.4 Å². The van der Waals surface area contributed by atoms with Crippen molar-refractivity contribution in [1.29, 1.82) is 0 Å². The highest BCUT2D eigenvalue weighted by Crippen LogP contribution is 2.19. The van der Waals surface area contributed by atoms with Crippen molar-refractivity contribution in [2.45, 2.75) is 6.92 Å². The second-order valence-corrected chi connectivity index (χ2v) is 4.42. The number of amides is 1. The lowest BCUT2D eigenvalue weighted by Crippen LogP contribution is -2.26. The third-order valence-corrected chi connectivity index (χ3v) is 3.02. The zero-order valence-electron chi connectivity index (χ0n) is 10.9. The smallest absolute Gasteiger partial charge is 0.258 e. The summed E-state index contributed by atoms with van der Waals surface area (Å²) in [5.74, 6) is -0.570. The van der Waals surface area contributed by atoms with Gasteiger partial charge in [-0.15, -0.1) is 0 Å². The normalized spacial score (nSPS) is 10.3. The summed E-state index contributed by atoms with van der Waals surface area (Å²) in [5, 5.41) is 0. The molecule has 2 aromatic carbocycles. The first-order valence-electron chi connectivity index (χ1n) is 5.89. The van der Waals surface area contributed by atoms with E-state index < -0.39 is 0 Å². The highest BCUT2D eigenvalue weighted by atomic mass is 19.1. The van der Waals surface area contributed by atoms with Gasteiger partial charge in [0.15, 0.2) is 0 Å². The van der Waals surface area contributed by atoms with E-state index in [1.165, 1.54) is 17.0 Å². The molecule has 0 aliphatic carbocycles. The zero-order valence-corrected chi connectivity index (χ0v) is 10.9. The van der Waals surface area contributed by atoms with Gasteiger partial charge in [0, 0.05) is 24.0 Å². The number of halogens is 1. The minimum absolute atomic E-state index is 0.200. The van der Waals surface area contributed by atoms with Crippen LogP contribution < -0.4 is 10.6 Å². The van der Waals surface area contributed by atoms with E-state index in [2.05, 4.69) is 0 Å². The molecule has 0 aliphatic heterocycles. The first kappa shape index (κ1) is 13.1. The first-order chi connectivity index (χ1) is 8.99. The summed E-state index contributed by atoms with van der Waals surface area (Å²) < 4.78 is 13.2. The summed E-state index contributed by atoms with van der Waals surface area (Å²) in [6.07, 6.45) is 0. The third kappa shape index (κ3) is 2.73. The van der Waals surface area contributed by atoms with E-state index in [-0.39, 0.29) is 11.7 Å². The molecule has 1 amide bonds. The van der Waals surface area contributed by atoms with E-state index in [0.29, 0.717) is 16.9 Å². The quantitative estimate of drug-likeness (QED) is 0.842. The number of nitrogens with zero attached hydrogens (tertiary/aromatic N) is 1. The fraction of sp³-hybridized carbons (Fsp3) is 0.133. The molecule has 3 nitrogen and oxygen atoms in total. The van der Waals surface area contributed by atoms with Crippen LogP contribution in [0.5, 0.6) is 0 Å². The van der Waals surface area contributed by atoms with Gasteiger partial charge >= 0.3 is 0 Å². The van der Waals surface area contributed by atoms with E-state index in [4.69, 9.17) is 5.73 Å². The summed E-state index contributed by atoms with van der Waals surface area (Å²) in [5.41, 5.74) is 8.25. The van der Waals surface area contributed by atoms with Crippen LogP contribution in [0.1, 0.15) is 15.9 Å². The van der Waals surface area contributed by atoms with E-state index in [1.807, 2.05) is 6.92 Å². The maximum Gasteiger partial charge on any atom is 0.258 e. The van der Waals surface area contributed by atoms with Gasteiger partial charge in [0.25, 0.3) is 5.91 Å². The first-order valence-corrected chi connectivity index (χ1v) is 5.89. The van der Waals surface area contributed by atoms with Gasteiger partial charge in [0.05, 0.1) is 0 Å². The third-order valence-electron chi connectivity index (χ3n) is 3.02. The van der Waals surface area contributed by atoms with Gasteiger partial charge in [-0.1, -0.05) is 6.07 Å². The molecule has 0 fully saturated rings.